The van der Waals surface area contributed by atoms with Crippen molar-refractivity contribution in [3.63, 3.8) is 0 Å². The summed E-state index contributed by atoms with van der Waals surface area (Å²) in [6.45, 7) is 1.90. The second-order valence-corrected chi connectivity index (χ2v) is 7.96. The number of hydrogen-bond acceptors (Lipinski definition) is 7. The number of nitrogens with zero attached hydrogens (tertiary/aromatic N) is 8. The molecule has 0 radical (unpaired) electrons. The van der Waals surface area contributed by atoms with Crippen LogP contribution in [0.25, 0.3) is 5.82 Å². The molecule has 1 amide bonds. The molecule has 1 aromatic carbocycles. The third kappa shape index (κ3) is 4.72. The molecule has 1 atom stereocenters. The van der Waals surface area contributed by atoms with E-state index in [0.717, 1.165) is 30.8 Å². The van der Waals surface area contributed by atoms with Crippen molar-refractivity contribution >= 4 is 17.5 Å². The number of piperidine rings is 1. The lowest BCUT2D eigenvalue weighted by Crippen LogP contribution is -2.45. The molecular weight excluding hydrogens is 416 g/mol. The Labute approximate surface area is 191 Å². The minimum Gasteiger partial charge on any atom is -0.356 e. The fraction of sp³-hybridized carbons (Fsp3) is 0.250. The standard InChI is InChI=1S/C24H24N8O/c33-24(31(21-10-4-5-11-26-21)14-19-7-2-1-3-8-19)20-9-6-12-30(15-20)22-13-23(28-17-27-22)32-18-25-16-29-32/h1-5,7-8,10-11,13,16-18,20H,6,9,12,14-15H2. The van der Waals surface area contributed by atoms with Crippen LogP contribution in [0.1, 0.15) is 18.4 Å². The molecule has 166 valence electrons. The van der Waals surface area contributed by atoms with Crippen molar-refractivity contribution in [2.75, 3.05) is 22.9 Å². The highest BCUT2D eigenvalue weighted by Crippen LogP contribution is 2.26. The van der Waals surface area contributed by atoms with Crippen LogP contribution < -0.4 is 9.80 Å². The van der Waals surface area contributed by atoms with Gasteiger partial charge in [0.2, 0.25) is 5.91 Å². The van der Waals surface area contributed by atoms with E-state index in [0.29, 0.717) is 24.7 Å². The van der Waals surface area contributed by atoms with E-state index >= 15 is 0 Å². The smallest absolute Gasteiger partial charge is 0.233 e. The van der Waals surface area contributed by atoms with Gasteiger partial charge in [0.15, 0.2) is 5.82 Å². The third-order valence-corrected chi connectivity index (χ3v) is 5.76. The zero-order chi connectivity index (χ0) is 22.5. The monoisotopic (exact) mass is 440 g/mol. The SMILES string of the molecule is O=C(C1CCCN(c2cc(-n3cncn3)ncn2)C1)N(Cc1ccccc1)c1ccccn1. The zero-order valence-corrected chi connectivity index (χ0v) is 18.1. The second kappa shape index (κ2) is 9.56. The van der Waals surface area contributed by atoms with E-state index in [1.807, 2.05) is 54.6 Å². The lowest BCUT2D eigenvalue weighted by Gasteiger charge is -2.35. The number of aromatic nitrogens is 6. The van der Waals surface area contributed by atoms with Gasteiger partial charge in [0.1, 0.15) is 30.6 Å². The molecule has 9 nitrogen and oxygen atoms in total. The second-order valence-electron chi connectivity index (χ2n) is 7.96. The fourth-order valence-corrected chi connectivity index (χ4v) is 4.12. The van der Waals surface area contributed by atoms with Gasteiger partial charge >= 0.3 is 0 Å². The van der Waals surface area contributed by atoms with Crippen molar-refractivity contribution in [2.24, 2.45) is 5.92 Å². The number of carbonyl (C=O) groups excluding carboxylic acids is 1. The molecule has 0 saturated carbocycles. The van der Waals surface area contributed by atoms with Crippen LogP contribution in [0, 0.1) is 5.92 Å². The highest BCUT2D eigenvalue weighted by molar-refractivity contribution is 5.94. The molecule has 0 aliphatic carbocycles. The maximum atomic E-state index is 13.7. The van der Waals surface area contributed by atoms with E-state index in [-0.39, 0.29) is 11.8 Å². The first kappa shape index (κ1) is 20.7. The van der Waals surface area contributed by atoms with Gasteiger partial charge in [-0.3, -0.25) is 9.69 Å². The Morgan fingerprint density at radius 1 is 1.00 bits per heavy atom. The van der Waals surface area contributed by atoms with Gasteiger partial charge < -0.3 is 4.90 Å². The highest BCUT2D eigenvalue weighted by atomic mass is 16.2. The maximum absolute atomic E-state index is 13.7. The molecule has 1 aliphatic heterocycles. The Hall–Kier alpha value is -4.14. The van der Waals surface area contributed by atoms with Crippen LogP contribution in [0.15, 0.2) is 79.8 Å². The van der Waals surface area contributed by atoms with Gasteiger partial charge in [-0.2, -0.15) is 5.10 Å². The zero-order valence-electron chi connectivity index (χ0n) is 18.1. The summed E-state index contributed by atoms with van der Waals surface area (Å²) in [5, 5.41) is 4.14. The van der Waals surface area contributed by atoms with Crippen molar-refractivity contribution < 1.29 is 4.79 Å². The number of hydrogen-bond donors (Lipinski definition) is 0. The average Bonchev–Trinajstić information content (AvgIpc) is 3.44. The van der Waals surface area contributed by atoms with E-state index in [2.05, 4.69) is 29.9 Å². The van der Waals surface area contributed by atoms with Crippen LogP contribution in [0.3, 0.4) is 0 Å². The molecular formula is C24H24N8O. The number of carbonyl (C=O) groups is 1. The fourth-order valence-electron chi connectivity index (χ4n) is 4.12. The van der Waals surface area contributed by atoms with Crippen molar-refractivity contribution in [2.45, 2.75) is 19.4 Å². The van der Waals surface area contributed by atoms with Gasteiger partial charge in [0.05, 0.1) is 12.5 Å². The number of pyridine rings is 1. The molecule has 1 aliphatic rings. The van der Waals surface area contributed by atoms with E-state index in [1.54, 1.807) is 22.1 Å². The summed E-state index contributed by atoms with van der Waals surface area (Å²) in [6, 6.07) is 17.5. The van der Waals surface area contributed by atoms with Gasteiger partial charge in [-0.05, 0) is 30.5 Å². The first-order valence-electron chi connectivity index (χ1n) is 11.0. The van der Waals surface area contributed by atoms with Crippen molar-refractivity contribution in [1.82, 2.24) is 29.7 Å². The lowest BCUT2D eigenvalue weighted by atomic mass is 9.96. The van der Waals surface area contributed by atoms with Crippen molar-refractivity contribution in [1.29, 1.82) is 0 Å². The molecule has 4 heterocycles. The average molecular weight is 441 g/mol. The molecule has 1 fully saturated rings. The minimum absolute atomic E-state index is 0.0767. The summed E-state index contributed by atoms with van der Waals surface area (Å²) in [4.78, 5) is 34.9. The lowest BCUT2D eigenvalue weighted by molar-refractivity contribution is -0.122. The first-order valence-corrected chi connectivity index (χ1v) is 11.0. The Balaban J connectivity index is 1.37. The number of amides is 1. The van der Waals surface area contributed by atoms with Gasteiger partial charge in [-0.25, -0.2) is 24.6 Å². The summed E-state index contributed by atoms with van der Waals surface area (Å²) in [7, 11) is 0. The maximum Gasteiger partial charge on any atom is 0.233 e. The van der Waals surface area contributed by atoms with Gasteiger partial charge in [0, 0.05) is 25.4 Å². The molecule has 0 bridgehead atoms. The van der Waals surface area contributed by atoms with Crippen LogP contribution >= 0.6 is 0 Å². The Morgan fingerprint density at radius 2 is 1.85 bits per heavy atom. The van der Waals surface area contributed by atoms with Crippen LogP contribution in [0.5, 0.6) is 0 Å². The molecule has 33 heavy (non-hydrogen) atoms. The van der Waals surface area contributed by atoms with Crippen molar-refractivity contribution in [3.8, 4) is 5.82 Å². The molecule has 9 heteroatoms. The largest absolute Gasteiger partial charge is 0.356 e. The number of anilines is 2. The van der Waals surface area contributed by atoms with E-state index < -0.39 is 0 Å². The highest BCUT2D eigenvalue weighted by Gasteiger charge is 2.31. The summed E-state index contributed by atoms with van der Waals surface area (Å²) in [5.41, 5.74) is 1.07. The first-order chi connectivity index (χ1) is 16.3. The van der Waals surface area contributed by atoms with E-state index in [9.17, 15) is 4.79 Å². The van der Waals surface area contributed by atoms with E-state index in [4.69, 9.17) is 0 Å². The van der Waals surface area contributed by atoms with Gasteiger partial charge in [0.25, 0.3) is 0 Å². The summed E-state index contributed by atoms with van der Waals surface area (Å²) < 4.78 is 1.60. The summed E-state index contributed by atoms with van der Waals surface area (Å²) in [6.07, 6.45) is 8.04. The predicted octanol–water partition coefficient (Wildman–Crippen LogP) is 2.90. The van der Waals surface area contributed by atoms with Crippen LogP contribution in [-0.4, -0.2) is 48.7 Å². The summed E-state index contributed by atoms with van der Waals surface area (Å²) >= 11 is 0. The summed E-state index contributed by atoms with van der Waals surface area (Å²) in [5.74, 6) is 2.01. The van der Waals surface area contributed by atoms with Crippen molar-refractivity contribution in [3.05, 3.63) is 85.3 Å². The van der Waals surface area contributed by atoms with Crippen LogP contribution in [0.2, 0.25) is 0 Å². The van der Waals surface area contributed by atoms with Gasteiger partial charge in [-0.15, -0.1) is 0 Å². The van der Waals surface area contributed by atoms with E-state index in [1.165, 1.54) is 12.7 Å². The molecule has 4 aromatic rings. The number of rotatable bonds is 6. The third-order valence-electron chi connectivity index (χ3n) is 5.76. The van der Waals surface area contributed by atoms with Gasteiger partial charge in [-0.1, -0.05) is 36.4 Å². The normalized spacial score (nSPS) is 15.9. The number of benzene rings is 1. The molecule has 3 aromatic heterocycles. The Bertz CT molecular complexity index is 1180. The van der Waals surface area contributed by atoms with Crippen LogP contribution in [0.4, 0.5) is 11.6 Å². The minimum atomic E-state index is -0.158. The van der Waals surface area contributed by atoms with Crippen LogP contribution in [-0.2, 0) is 11.3 Å². The quantitative estimate of drug-likeness (QED) is 0.455. The Morgan fingerprint density at radius 3 is 2.64 bits per heavy atom. The Kier molecular flexibility index (Phi) is 6.01. The predicted molar refractivity (Wildman–Crippen MR) is 124 cm³/mol. The molecule has 0 N–H and O–H groups in total. The molecule has 1 saturated heterocycles. The topological polar surface area (TPSA) is 92.9 Å². The molecule has 1 unspecified atom stereocenters. The molecule has 0 spiro atoms. The molecule has 5 rings (SSSR count).